The number of benzene rings is 3. The van der Waals surface area contributed by atoms with Crippen LogP contribution in [0, 0.1) is 0 Å². The third-order valence-corrected chi connectivity index (χ3v) is 5.94. The molecule has 3 N–H and O–H groups in total. The first kappa shape index (κ1) is 24.5. The molecule has 0 fully saturated rings. The molecule has 0 saturated heterocycles. The first-order chi connectivity index (χ1) is 16.9. The fraction of sp³-hybridized carbons (Fsp3) is 0.250. The standard InChI is InChI=1S/C28H29ClN4O2/c1-18(2)30-28(35)31-22-14-11-20(12-15-22)26-23-17-21(29)13-16-24(23)33-27(34)25(32-26)10-6-9-19-7-4-3-5-8-19/h3-5,7-8,11-18,25H,6,9-10H2,1-2H3,(H,33,34)(H2,30,31,35). The summed E-state index contributed by atoms with van der Waals surface area (Å²) < 4.78 is 0. The largest absolute Gasteiger partial charge is 0.336 e. The fourth-order valence-corrected chi connectivity index (χ4v) is 4.20. The number of aryl methyl sites for hydroxylation is 1. The van der Waals surface area contributed by atoms with Crippen molar-refractivity contribution in [3.8, 4) is 0 Å². The van der Waals surface area contributed by atoms with Crippen molar-refractivity contribution in [2.75, 3.05) is 10.6 Å². The van der Waals surface area contributed by atoms with E-state index in [4.69, 9.17) is 16.6 Å². The zero-order valence-corrected chi connectivity index (χ0v) is 20.6. The highest BCUT2D eigenvalue weighted by atomic mass is 35.5. The van der Waals surface area contributed by atoms with E-state index in [1.165, 1.54) is 5.56 Å². The Hall–Kier alpha value is -3.64. The summed E-state index contributed by atoms with van der Waals surface area (Å²) in [5, 5.41) is 9.22. The number of carbonyl (C=O) groups excluding carboxylic acids is 2. The van der Waals surface area contributed by atoms with Gasteiger partial charge in [0.05, 0.1) is 11.4 Å². The second kappa shape index (κ2) is 11.2. The Morgan fingerprint density at radius 1 is 1.06 bits per heavy atom. The maximum atomic E-state index is 13.0. The number of hydrogen-bond donors (Lipinski definition) is 3. The van der Waals surface area contributed by atoms with E-state index in [1.807, 2.05) is 68.4 Å². The van der Waals surface area contributed by atoms with Crippen LogP contribution in [0.3, 0.4) is 0 Å². The van der Waals surface area contributed by atoms with E-state index >= 15 is 0 Å². The lowest BCUT2D eigenvalue weighted by Crippen LogP contribution is -2.34. The average Bonchev–Trinajstić information content (AvgIpc) is 2.96. The molecule has 0 aliphatic carbocycles. The van der Waals surface area contributed by atoms with Gasteiger partial charge in [0, 0.05) is 27.9 Å². The minimum absolute atomic E-state index is 0.0414. The highest BCUT2D eigenvalue weighted by Gasteiger charge is 2.26. The molecule has 0 saturated carbocycles. The molecule has 180 valence electrons. The minimum atomic E-state index is -0.519. The lowest BCUT2D eigenvalue weighted by atomic mass is 10.00. The number of anilines is 2. The number of hydrogen-bond acceptors (Lipinski definition) is 3. The molecule has 35 heavy (non-hydrogen) atoms. The molecule has 1 aliphatic rings. The van der Waals surface area contributed by atoms with E-state index in [0.717, 1.165) is 24.0 Å². The van der Waals surface area contributed by atoms with Crippen molar-refractivity contribution in [2.45, 2.75) is 45.2 Å². The van der Waals surface area contributed by atoms with Gasteiger partial charge in [-0.25, -0.2) is 4.79 Å². The molecular formula is C28H29ClN4O2. The fourth-order valence-electron chi connectivity index (χ4n) is 4.03. The molecule has 3 aromatic rings. The van der Waals surface area contributed by atoms with Crippen molar-refractivity contribution < 1.29 is 9.59 Å². The van der Waals surface area contributed by atoms with E-state index in [0.29, 0.717) is 28.5 Å². The molecule has 3 aromatic carbocycles. The van der Waals surface area contributed by atoms with Crippen molar-refractivity contribution in [1.29, 1.82) is 0 Å². The van der Waals surface area contributed by atoms with Crippen molar-refractivity contribution in [2.24, 2.45) is 4.99 Å². The zero-order chi connectivity index (χ0) is 24.8. The van der Waals surface area contributed by atoms with Gasteiger partial charge < -0.3 is 16.0 Å². The molecule has 0 bridgehead atoms. The average molecular weight is 489 g/mol. The van der Waals surface area contributed by atoms with Gasteiger partial charge in [0.1, 0.15) is 6.04 Å². The quantitative estimate of drug-likeness (QED) is 0.378. The normalized spacial score (nSPS) is 15.0. The van der Waals surface area contributed by atoms with Gasteiger partial charge in [-0.1, -0.05) is 54.1 Å². The SMILES string of the molecule is CC(C)NC(=O)Nc1ccc(C2=NC(CCCc3ccccc3)C(=O)Nc3ccc(Cl)cc32)cc1. The second-order valence-corrected chi connectivity index (χ2v) is 9.32. The van der Waals surface area contributed by atoms with E-state index < -0.39 is 6.04 Å². The molecule has 7 heteroatoms. The summed E-state index contributed by atoms with van der Waals surface area (Å²) in [5.74, 6) is -0.125. The Kier molecular flexibility index (Phi) is 7.83. The van der Waals surface area contributed by atoms with E-state index in [9.17, 15) is 9.59 Å². The lowest BCUT2D eigenvalue weighted by molar-refractivity contribution is -0.117. The van der Waals surface area contributed by atoms with Gasteiger partial charge in [0.25, 0.3) is 0 Å². The molecular weight excluding hydrogens is 460 g/mol. The van der Waals surface area contributed by atoms with Gasteiger partial charge in [-0.15, -0.1) is 0 Å². The van der Waals surface area contributed by atoms with Crippen molar-refractivity contribution in [3.63, 3.8) is 0 Å². The molecule has 0 radical (unpaired) electrons. The summed E-state index contributed by atoms with van der Waals surface area (Å²) in [5.41, 5.74) is 4.90. The topological polar surface area (TPSA) is 82.6 Å². The number of benzodiazepines with no additional fused rings is 1. The molecule has 1 heterocycles. The first-order valence-electron chi connectivity index (χ1n) is 11.8. The Morgan fingerprint density at radius 3 is 2.51 bits per heavy atom. The highest BCUT2D eigenvalue weighted by molar-refractivity contribution is 6.32. The molecule has 0 aromatic heterocycles. The highest BCUT2D eigenvalue weighted by Crippen LogP contribution is 2.29. The summed E-state index contributed by atoms with van der Waals surface area (Å²) in [7, 11) is 0. The smallest absolute Gasteiger partial charge is 0.319 e. The molecule has 1 unspecified atom stereocenters. The van der Waals surface area contributed by atoms with Crippen molar-refractivity contribution in [1.82, 2.24) is 5.32 Å². The molecule has 1 atom stereocenters. The molecule has 3 amide bonds. The third kappa shape index (κ3) is 6.49. The van der Waals surface area contributed by atoms with Gasteiger partial charge in [-0.2, -0.15) is 0 Å². The first-order valence-corrected chi connectivity index (χ1v) is 12.2. The van der Waals surface area contributed by atoms with Crippen LogP contribution in [0.1, 0.15) is 43.4 Å². The van der Waals surface area contributed by atoms with Crippen molar-refractivity contribution >= 4 is 40.6 Å². The number of nitrogens with zero attached hydrogens (tertiary/aromatic N) is 1. The Labute approximate surface area is 210 Å². The number of urea groups is 1. The zero-order valence-electron chi connectivity index (χ0n) is 19.8. The van der Waals surface area contributed by atoms with Gasteiger partial charge in [0.15, 0.2) is 0 Å². The van der Waals surface area contributed by atoms with Crippen LogP contribution in [-0.2, 0) is 11.2 Å². The van der Waals surface area contributed by atoms with Gasteiger partial charge in [-0.3, -0.25) is 9.79 Å². The van der Waals surface area contributed by atoms with E-state index in [1.54, 1.807) is 6.07 Å². The summed E-state index contributed by atoms with van der Waals surface area (Å²) in [4.78, 5) is 30.0. The molecule has 6 nitrogen and oxygen atoms in total. The molecule has 1 aliphatic heterocycles. The van der Waals surface area contributed by atoms with Crippen LogP contribution in [0.15, 0.2) is 77.8 Å². The van der Waals surface area contributed by atoms with Gasteiger partial charge >= 0.3 is 6.03 Å². The van der Waals surface area contributed by atoms with Gasteiger partial charge in [-0.05, 0) is 69.0 Å². The maximum absolute atomic E-state index is 13.0. The number of amides is 3. The second-order valence-electron chi connectivity index (χ2n) is 8.88. The summed E-state index contributed by atoms with van der Waals surface area (Å²) >= 11 is 6.31. The number of fused-ring (bicyclic) bond motifs is 1. The van der Waals surface area contributed by atoms with E-state index in [-0.39, 0.29) is 18.0 Å². The molecule has 4 rings (SSSR count). The number of carbonyl (C=O) groups is 2. The van der Waals surface area contributed by atoms with Crippen molar-refractivity contribution in [3.05, 3.63) is 94.5 Å². The lowest BCUT2D eigenvalue weighted by Gasteiger charge is -2.13. The monoisotopic (exact) mass is 488 g/mol. The maximum Gasteiger partial charge on any atom is 0.319 e. The van der Waals surface area contributed by atoms with Crippen LogP contribution >= 0.6 is 11.6 Å². The van der Waals surface area contributed by atoms with Crippen LogP contribution < -0.4 is 16.0 Å². The Balaban J connectivity index is 1.59. The van der Waals surface area contributed by atoms with Crippen LogP contribution in [0.25, 0.3) is 0 Å². The van der Waals surface area contributed by atoms with Crippen LogP contribution in [0.5, 0.6) is 0 Å². The van der Waals surface area contributed by atoms with E-state index in [2.05, 4.69) is 28.1 Å². The van der Waals surface area contributed by atoms with Crippen LogP contribution in [-0.4, -0.2) is 29.7 Å². The number of aliphatic imine (C=N–C) groups is 1. The minimum Gasteiger partial charge on any atom is -0.336 e. The summed E-state index contributed by atoms with van der Waals surface area (Å²) in [6.45, 7) is 3.81. The third-order valence-electron chi connectivity index (χ3n) is 5.70. The molecule has 0 spiro atoms. The van der Waals surface area contributed by atoms with Gasteiger partial charge in [0.2, 0.25) is 5.91 Å². The number of halogens is 1. The Morgan fingerprint density at radius 2 is 1.80 bits per heavy atom. The predicted octanol–water partition coefficient (Wildman–Crippen LogP) is 6.05. The summed E-state index contributed by atoms with van der Waals surface area (Å²) in [6.07, 6.45) is 2.35. The van der Waals surface area contributed by atoms with Crippen LogP contribution in [0.4, 0.5) is 16.2 Å². The number of rotatable bonds is 7. The predicted molar refractivity (Wildman–Crippen MR) is 143 cm³/mol. The van der Waals surface area contributed by atoms with Crippen LogP contribution in [0.2, 0.25) is 5.02 Å². The number of nitrogens with one attached hydrogen (secondary N) is 3. The Bertz CT molecular complexity index is 1220. The summed E-state index contributed by atoms with van der Waals surface area (Å²) in [6, 6.07) is 22.3.